The molecule has 2 heterocycles. The summed E-state index contributed by atoms with van der Waals surface area (Å²) in [5, 5.41) is 4.17. The monoisotopic (exact) mass is 403 g/mol. The molecule has 0 aliphatic heterocycles. The Kier molecular flexibility index (Phi) is 5.71. The van der Waals surface area contributed by atoms with Crippen LogP contribution in [-0.2, 0) is 21.3 Å². The van der Waals surface area contributed by atoms with Crippen LogP contribution in [0.5, 0.6) is 0 Å². The number of hydrogen-bond donors (Lipinski definition) is 1. The third kappa shape index (κ3) is 4.35. The summed E-state index contributed by atoms with van der Waals surface area (Å²) < 4.78 is 38.1. The molecule has 146 valence electrons. The van der Waals surface area contributed by atoms with E-state index in [-0.39, 0.29) is 29.1 Å². The molecular formula is C18H17N3O6S. The maximum absolute atomic E-state index is 12.4. The average Bonchev–Trinajstić information content (AvgIpc) is 3.23. The largest absolute Gasteiger partial charge is 0.465 e. The lowest BCUT2D eigenvalue weighted by Gasteiger charge is -2.09. The predicted molar refractivity (Wildman–Crippen MR) is 99.2 cm³/mol. The number of aromatic nitrogens is 2. The second-order valence-corrected chi connectivity index (χ2v) is 7.44. The first-order chi connectivity index (χ1) is 13.4. The third-order valence-electron chi connectivity index (χ3n) is 3.84. The van der Waals surface area contributed by atoms with E-state index < -0.39 is 16.0 Å². The van der Waals surface area contributed by atoms with Crippen molar-refractivity contribution in [3.63, 3.8) is 0 Å². The van der Waals surface area contributed by atoms with Gasteiger partial charge in [0.25, 0.3) is 5.56 Å². The lowest BCUT2D eigenvalue weighted by molar-refractivity contribution is 0.0600. The van der Waals surface area contributed by atoms with Crippen molar-refractivity contribution in [2.45, 2.75) is 11.4 Å². The van der Waals surface area contributed by atoms with E-state index in [4.69, 9.17) is 4.42 Å². The first kappa shape index (κ1) is 19.5. The van der Waals surface area contributed by atoms with Gasteiger partial charge in [-0.2, -0.15) is 5.10 Å². The summed E-state index contributed by atoms with van der Waals surface area (Å²) in [6.07, 6.45) is 1.49. The molecule has 0 unspecified atom stereocenters. The van der Waals surface area contributed by atoms with Crippen molar-refractivity contribution in [3.8, 4) is 11.5 Å². The molecule has 3 aromatic rings. The van der Waals surface area contributed by atoms with Crippen LogP contribution in [0.4, 0.5) is 0 Å². The van der Waals surface area contributed by atoms with Crippen molar-refractivity contribution in [2.24, 2.45) is 0 Å². The highest BCUT2D eigenvalue weighted by atomic mass is 32.2. The lowest BCUT2D eigenvalue weighted by atomic mass is 10.2. The zero-order valence-corrected chi connectivity index (χ0v) is 15.7. The Hall–Kier alpha value is -3.24. The van der Waals surface area contributed by atoms with Gasteiger partial charge in [0.1, 0.15) is 5.69 Å². The Labute approximate surface area is 160 Å². The highest BCUT2D eigenvalue weighted by Gasteiger charge is 2.15. The number of methoxy groups -OCH3 is 1. The van der Waals surface area contributed by atoms with Crippen molar-refractivity contribution in [1.82, 2.24) is 14.5 Å². The summed E-state index contributed by atoms with van der Waals surface area (Å²) in [7, 11) is -2.57. The highest BCUT2D eigenvalue weighted by Crippen LogP contribution is 2.15. The van der Waals surface area contributed by atoms with Crippen LogP contribution < -0.4 is 10.3 Å². The van der Waals surface area contributed by atoms with Gasteiger partial charge in [-0.05, 0) is 42.5 Å². The van der Waals surface area contributed by atoms with Crippen LogP contribution in [0.25, 0.3) is 11.5 Å². The van der Waals surface area contributed by atoms with Crippen LogP contribution in [0.15, 0.2) is 68.9 Å². The molecule has 1 N–H and O–H groups in total. The molecule has 2 aromatic heterocycles. The van der Waals surface area contributed by atoms with E-state index >= 15 is 0 Å². The van der Waals surface area contributed by atoms with Crippen LogP contribution in [0.3, 0.4) is 0 Å². The number of esters is 1. The zero-order valence-electron chi connectivity index (χ0n) is 14.9. The fourth-order valence-electron chi connectivity index (χ4n) is 2.42. The second kappa shape index (κ2) is 8.19. The number of rotatable bonds is 7. The molecular weight excluding hydrogens is 386 g/mol. The van der Waals surface area contributed by atoms with Gasteiger partial charge in [0, 0.05) is 12.6 Å². The molecule has 0 amide bonds. The van der Waals surface area contributed by atoms with Gasteiger partial charge in [-0.1, -0.05) is 0 Å². The number of ether oxygens (including phenoxy) is 1. The molecule has 0 fully saturated rings. The van der Waals surface area contributed by atoms with Gasteiger partial charge in [0.15, 0.2) is 5.76 Å². The van der Waals surface area contributed by atoms with Gasteiger partial charge in [-0.25, -0.2) is 22.6 Å². The van der Waals surface area contributed by atoms with Crippen LogP contribution >= 0.6 is 0 Å². The third-order valence-corrected chi connectivity index (χ3v) is 5.32. The fourth-order valence-corrected chi connectivity index (χ4v) is 3.44. The van der Waals surface area contributed by atoms with Gasteiger partial charge in [-0.3, -0.25) is 4.79 Å². The van der Waals surface area contributed by atoms with Crippen molar-refractivity contribution in [3.05, 3.63) is 70.7 Å². The maximum atomic E-state index is 12.4. The summed E-state index contributed by atoms with van der Waals surface area (Å²) in [6, 6.07) is 11.6. The Morgan fingerprint density at radius 1 is 1.18 bits per heavy atom. The Morgan fingerprint density at radius 3 is 2.57 bits per heavy atom. The van der Waals surface area contributed by atoms with Crippen molar-refractivity contribution >= 4 is 16.0 Å². The van der Waals surface area contributed by atoms with Crippen LogP contribution in [0.2, 0.25) is 0 Å². The molecule has 1 aromatic carbocycles. The molecule has 0 aliphatic carbocycles. The molecule has 0 aliphatic rings. The van der Waals surface area contributed by atoms with Crippen molar-refractivity contribution < 1.29 is 22.4 Å². The number of hydrogen-bond acceptors (Lipinski definition) is 7. The number of nitrogens with zero attached hydrogens (tertiary/aromatic N) is 2. The van der Waals surface area contributed by atoms with E-state index in [0.717, 1.165) is 4.68 Å². The quantitative estimate of drug-likeness (QED) is 0.590. The van der Waals surface area contributed by atoms with Crippen molar-refractivity contribution in [1.29, 1.82) is 0 Å². The molecule has 0 atom stereocenters. The average molecular weight is 403 g/mol. The summed E-state index contributed by atoms with van der Waals surface area (Å²) in [5.41, 5.74) is 0.342. The van der Waals surface area contributed by atoms with Gasteiger partial charge in [-0.15, -0.1) is 0 Å². The topological polar surface area (TPSA) is 120 Å². The number of benzene rings is 1. The Morgan fingerprint density at radius 2 is 1.93 bits per heavy atom. The van der Waals surface area contributed by atoms with Gasteiger partial charge >= 0.3 is 5.97 Å². The van der Waals surface area contributed by atoms with Gasteiger partial charge in [0.2, 0.25) is 10.0 Å². The molecule has 0 saturated carbocycles. The molecule has 28 heavy (non-hydrogen) atoms. The maximum Gasteiger partial charge on any atom is 0.337 e. The standard InChI is InChI=1S/C18H17N3O6S/c1-26-18(23)13-4-6-14(7-5-13)28(24,25)19-10-11-21-17(22)9-8-15(20-21)16-3-2-12-27-16/h2-9,12,19H,10-11H2,1H3. The van der Waals surface area contributed by atoms with Crippen molar-refractivity contribution in [2.75, 3.05) is 13.7 Å². The SMILES string of the molecule is COC(=O)c1ccc(S(=O)(=O)NCCn2nc(-c3ccco3)ccc2=O)cc1. The molecule has 0 bridgehead atoms. The molecule has 9 nitrogen and oxygen atoms in total. The molecule has 10 heteroatoms. The highest BCUT2D eigenvalue weighted by molar-refractivity contribution is 7.89. The minimum Gasteiger partial charge on any atom is -0.465 e. The normalized spacial score (nSPS) is 11.3. The number of carbonyl (C=O) groups excluding carboxylic acids is 1. The number of carbonyl (C=O) groups is 1. The molecule has 0 saturated heterocycles. The van der Waals surface area contributed by atoms with E-state index in [1.807, 2.05) is 0 Å². The fraction of sp³-hybridized carbons (Fsp3) is 0.167. The van der Waals surface area contributed by atoms with E-state index in [1.165, 1.54) is 49.8 Å². The first-order valence-electron chi connectivity index (χ1n) is 8.21. The summed E-state index contributed by atoms with van der Waals surface area (Å²) in [6.45, 7) is -0.0115. The zero-order chi connectivity index (χ0) is 20.1. The number of nitrogens with one attached hydrogen (secondary N) is 1. The van der Waals surface area contributed by atoms with E-state index in [1.54, 1.807) is 12.1 Å². The molecule has 0 radical (unpaired) electrons. The lowest BCUT2D eigenvalue weighted by Crippen LogP contribution is -2.32. The number of furan rings is 1. The first-order valence-corrected chi connectivity index (χ1v) is 9.69. The van der Waals surface area contributed by atoms with Gasteiger partial charge in [0.05, 0.1) is 30.4 Å². The van der Waals surface area contributed by atoms with E-state index in [0.29, 0.717) is 11.5 Å². The van der Waals surface area contributed by atoms with E-state index in [9.17, 15) is 18.0 Å². The molecule has 0 spiro atoms. The van der Waals surface area contributed by atoms with Crippen LogP contribution in [0, 0.1) is 0 Å². The summed E-state index contributed by atoms with van der Waals surface area (Å²) in [4.78, 5) is 23.4. The van der Waals surface area contributed by atoms with Crippen LogP contribution in [0.1, 0.15) is 10.4 Å². The van der Waals surface area contributed by atoms with Crippen LogP contribution in [-0.4, -0.2) is 37.8 Å². The Bertz CT molecular complexity index is 1120. The summed E-state index contributed by atoms with van der Waals surface area (Å²) >= 11 is 0. The number of sulfonamides is 1. The van der Waals surface area contributed by atoms with Gasteiger partial charge < -0.3 is 9.15 Å². The summed E-state index contributed by atoms with van der Waals surface area (Å²) in [5.74, 6) is -0.0566. The molecule has 3 rings (SSSR count). The predicted octanol–water partition coefficient (Wildman–Crippen LogP) is 1.27. The smallest absolute Gasteiger partial charge is 0.337 e. The minimum absolute atomic E-state index is 0.00945. The van der Waals surface area contributed by atoms with E-state index in [2.05, 4.69) is 14.6 Å². The minimum atomic E-state index is -3.81. The second-order valence-electron chi connectivity index (χ2n) is 5.67. The Balaban J connectivity index is 1.68.